The van der Waals surface area contributed by atoms with Crippen molar-refractivity contribution >= 4 is 22.9 Å². The molecule has 0 atom stereocenters. The number of aromatic nitrogens is 2. The first-order valence-corrected chi connectivity index (χ1v) is 6.28. The molecule has 16 heavy (non-hydrogen) atoms. The van der Waals surface area contributed by atoms with Gasteiger partial charge in [-0.2, -0.15) is 5.10 Å². The zero-order valence-electron chi connectivity index (χ0n) is 9.33. The van der Waals surface area contributed by atoms with E-state index in [0.717, 1.165) is 23.1 Å². The Bertz CT molecular complexity index is 475. The van der Waals surface area contributed by atoms with Crippen LogP contribution >= 0.6 is 22.9 Å². The molecule has 0 spiro atoms. The highest BCUT2D eigenvalue weighted by molar-refractivity contribution is 7.16. The molecule has 0 aliphatic rings. The molecule has 0 saturated heterocycles. The van der Waals surface area contributed by atoms with Gasteiger partial charge in [0.05, 0.1) is 10.0 Å². The molecule has 86 valence electrons. The van der Waals surface area contributed by atoms with Crippen LogP contribution in [0.1, 0.15) is 16.1 Å². The van der Waals surface area contributed by atoms with Gasteiger partial charge in [0.2, 0.25) is 0 Å². The van der Waals surface area contributed by atoms with Crippen LogP contribution in [0.25, 0.3) is 0 Å². The number of nitrogens with zero attached hydrogens (tertiary/aromatic N) is 2. The van der Waals surface area contributed by atoms with E-state index in [1.165, 1.54) is 10.4 Å². The lowest BCUT2D eigenvalue weighted by molar-refractivity contribution is 0.697. The fourth-order valence-corrected chi connectivity index (χ4v) is 2.65. The molecule has 2 aromatic heterocycles. The van der Waals surface area contributed by atoms with Crippen LogP contribution in [0, 0.1) is 6.92 Å². The molecule has 5 heteroatoms. The van der Waals surface area contributed by atoms with Crippen molar-refractivity contribution in [3.05, 3.63) is 38.8 Å². The van der Waals surface area contributed by atoms with Crippen LogP contribution < -0.4 is 5.32 Å². The minimum atomic E-state index is 0.842. The van der Waals surface area contributed by atoms with Crippen LogP contribution in [-0.4, -0.2) is 9.78 Å². The summed E-state index contributed by atoms with van der Waals surface area (Å²) >= 11 is 7.48. The fraction of sp³-hybridized carbons (Fsp3) is 0.364. The SMILES string of the molecule is Cc1nn(C)cc1CNCc1ccc(Cl)s1. The standard InChI is InChI=1S/C11H14ClN3S/c1-8-9(7-15(2)14-8)5-13-6-10-3-4-11(12)16-10/h3-4,7,13H,5-6H2,1-2H3. The normalized spacial score (nSPS) is 10.9. The van der Waals surface area contributed by atoms with E-state index in [1.807, 2.05) is 30.9 Å². The molecule has 0 aromatic carbocycles. The summed E-state index contributed by atoms with van der Waals surface area (Å²) in [6.45, 7) is 3.72. The topological polar surface area (TPSA) is 29.9 Å². The van der Waals surface area contributed by atoms with Crippen LogP contribution in [0.4, 0.5) is 0 Å². The summed E-state index contributed by atoms with van der Waals surface area (Å²) in [5.74, 6) is 0. The van der Waals surface area contributed by atoms with E-state index in [4.69, 9.17) is 11.6 Å². The molecule has 2 heterocycles. The molecule has 0 fully saturated rings. The molecule has 0 aliphatic carbocycles. The summed E-state index contributed by atoms with van der Waals surface area (Å²) in [4.78, 5) is 1.26. The number of rotatable bonds is 4. The fourth-order valence-electron chi connectivity index (χ4n) is 1.59. The van der Waals surface area contributed by atoms with Gasteiger partial charge < -0.3 is 5.32 Å². The molecule has 0 radical (unpaired) electrons. The van der Waals surface area contributed by atoms with Crippen molar-refractivity contribution in [2.24, 2.45) is 7.05 Å². The van der Waals surface area contributed by atoms with Crippen LogP contribution in [0.2, 0.25) is 4.34 Å². The Morgan fingerprint density at radius 1 is 1.44 bits per heavy atom. The number of hydrogen-bond acceptors (Lipinski definition) is 3. The number of halogens is 1. The zero-order valence-corrected chi connectivity index (χ0v) is 10.9. The zero-order chi connectivity index (χ0) is 11.5. The average Bonchev–Trinajstić information content (AvgIpc) is 2.74. The molecule has 0 aliphatic heterocycles. The predicted octanol–water partition coefficient (Wildman–Crippen LogP) is 2.73. The third kappa shape index (κ3) is 2.84. The predicted molar refractivity (Wildman–Crippen MR) is 67.8 cm³/mol. The first-order chi connectivity index (χ1) is 7.65. The number of aryl methyl sites for hydroxylation is 2. The molecule has 0 unspecified atom stereocenters. The first-order valence-electron chi connectivity index (χ1n) is 5.09. The second-order valence-electron chi connectivity index (χ2n) is 3.72. The third-order valence-corrected chi connectivity index (χ3v) is 3.59. The van der Waals surface area contributed by atoms with Gasteiger partial charge in [0.25, 0.3) is 0 Å². The van der Waals surface area contributed by atoms with Gasteiger partial charge in [0.1, 0.15) is 0 Å². The lowest BCUT2D eigenvalue weighted by Gasteiger charge is -2.01. The van der Waals surface area contributed by atoms with E-state index in [-0.39, 0.29) is 0 Å². The highest BCUT2D eigenvalue weighted by atomic mass is 35.5. The van der Waals surface area contributed by atoms with E-state index in [2.05, 4.69) is 16.5 Å². The molecule has 2 rings (SSSR count). The van der Waals surface area contributed by atoms with Crippen molar-refractivity contribution in [2.75, 3.05) is 0 Å². The van der Waals surface area contributed by atoms with Crippen LogP contribution in [0.3, 0.4) is 0 Å². The van der Waals surface area contributed by atoms with E-state index in [0.29, 0.717) is 0 Å². The molecule has 2 aromatic rings. The maximum atomic E-state index is 5.86. The highest BCUT2D eigenvalue weighted by Gasteiger charge is 2.03. The van der Waals surface area contributed by atoms with Crippen molar-refractivity contribution in [2.45, 2.75) is 20.0 Å². The van der Waals surface area contributed by atoms with Gasteiger partial charge in [-0.1, -0.05) is 11.6 Å². The Balaban J connectivity index is 1.86. The Morgan fingerprint density at radius 3 is 2.81 bits per heavy atom. The second kappa shape index (κ2) is 4.99. The lowest BCUT2D eigenvalue weighted by Crippen LogP contribution is -2.11. The van der Waals surface area contributed by atoms with Crippen LogP contribution in [0.5, 0.6) is 0 Å². The quantitative estimate of drug-likeness (QED) is 0.911. The van der Waals surface area contributed by atoms with E-state index < -0.39 is 0 Å². The van der Waals surface area contributed by atoms with Crippen molar-refractivity contribution < 1.29 is 0 Å². The number of nitrogens with one attached hydrogen (secondary N) is 1. The van der Waals surface area contributed by atoms with Gasteiger partial charge in [0.15, 0.2) is 0 Å². The van der Waals surface area contributed by atoms with Gasteiger partial charge >= 0.3 is 0 Å². The van der Waals surface area contributed by atoms with Crippen molar-refractivity contribution in [1.82, 2.24) is 15.1 Å². The van der Waals surface area contributed by atoms with E-state index in [9.17, 15) is 0 Å². The first kappa shape index (κ1) is 11.6. The van der Waals surface area contributed by atoms with Gasteiger partial charge in [0, 0.05) is 36.8 Å². The second-order valence-corrected chi connectivity index (χ2v) is 5.52. The van der Waals surface area contributed by atoms with Gasteiger partial charge in [-0.15, -0.1) is 11.3 Å². The van der Waals surface area contributed by atoms with Gasteiger partial charge in [-0.3, -0.25) is 4.68 Å². The monoisotopic (exact) mass is 255 g/mol. The average molecular weight is 256 g/mol. The minimum absolute atomic E-state index is 0.842. The molecule has 0 amide bonds. The molecular weight excluding hydrogens is 242 g/mol. The van der Waals surface area contributed by atoms with Gasteiger partial charge in [-0.25, -0.2) is 0 Å². The van der Waals surface area contributed by atoms with Gasteiger partial charge in [-0.05, 0) is 19.1 Å². The third-order valence-electron chi connectivity index (χ3n) is 2.36. The van der Waals surface area contributed by atoms with Crippen molar-refractivity contribution in [1.29, 1.82) is 0 Å². The lowest BCUT2D eigenvalue weighted by atomic mass is 10.2. The summed E-state index contributed by atoms with van der Waals surface area (Å²) < 4.78 is 2.68. The smallest absolute Gasteiger partial charge is 0.0931 e. The summed E-state index contributed by atoms with van der Waals surface area (Å²) in [6.07, 6.45) is 2.05. The number of hydrogen-bond donors (Lipinski definition) is 1. The minimum Gasteiger partial charge on any atom is -0.308 e. The molecule has 0 bridgehead atoms. The Morgan fingerprint density at radius 2 is 2.25 bits per heavy atom. The molecule has 0 saturated carbocycles. The Labute approximate surface area is 104 Å². The Kier molecular flexibility index (Phi) is 3.63. The van der Waals surface area contributed by atoms with E-state index in [1.54, 1.807) is 11.3 Å². The van der Waals surface area contributed by atoms with Crippen molar-refractivity contribution in [3.8, 4) is 0 Å². The van der Waals surface area contributed by atoms with E-state index >= 15 is 0 Å². The maximum Gasteiger partial charge on any atom is 0.0931 e. The molecule has 1 N–H and O–H groups in total. The summed E-state index contributed by atoms with van der Waals surface area (Å²) in [6, 6.07) is 3.98. The molecular formula is C11H14ClN3S. The molecule has 3 nitrogen and oxygen atoms in total. The summed E-state index contributed by atoms with van der Waals surface area (Å²) in [5, 5.41) is 7.68. The van der Waals surface area contributed by atoms with Crippen molar-refractivity contribution in [3.63, 3.8) is 0 Å². The van der Waals surface area contributed by atoms with Crippen LogP contribution in [-0.2, 0) is 20.1 Å². The van der Waals surface area contributed by atoms with Crippen LogP contribution in [0.15, 0.2) is 18.3 Å². The Hall–Kier alpha value is -0.840. The number of thiophene rings is 1. The summed E-state index contributed by atoms with van der Waals surface area (Å²) in [5.41, 5.74) is 2.32. The summed E-state index contributed by atoms with van der Waals surface area (Å²) in [7, 11) is 1.94. The highest BCUT2D eigenvalue weighted by Crippen LogP contribution is 2.21. The maximum absolute atomic E-state index is 5.86. The largest absolute Gasteiger partial charge is 0.308 e.